The molecule has 2 rings (SSSR count). The van der Waals surface area contributed by atoms with E-state index in [1.807, 2.05) is 42.5 Å². The van der Waals surface area contributed by atoms with Crippen molar-refractivity contribution >= 4 is 22.6 Å². The minimum atomic E-state index is -1.23. The summed E-state index contributed by atoms with van der Waals surface area (Å²) in [6.45, 7) is 4.62. The predicted octanol–water partition coefficient (Wildman–Crippen LogP) is 1.95. The number of ether oxygens (including phenoxy) is 1. The van der Waals surface area contributed by atoms with E-state index in [1.54, 1.807) is 13.8 Å². The molecule has 2 aromatic carbocycles. The fourth-order valence-corrected chi connectivity index (χ4v) is 2.75. The molecule has 0 aliphatic rings. The van der Waals surface area contributed by atoms with Crippen LogP contribution in [0.5, 0.6) is 0 Å². The Kier molecular flexibility index (Phi) is 6.93. The molecule has 0 aliphatic carbocycles. The van der Waals surface area contributed by atoms with E-state index in [1.165, 1.54) is 6.92 Å². The summed E-state index contributed by atoms with van der Waals surface area (Å²) in [5, 5.41) is 23.3. The Morgan fingerprint density at radius 1 is 1.15 bits per heavy atom. The van der Waals surface area contributed by atoms with E-state index in [2.05, 4.69) is 5.32 Å². The van der Waals surface area contributed by atoms with Crippen LogP contribution in [0.1, 0.15) is 32.8 Å². The van der Waals surface area contributed by atoms with Gasteiger partial charge in [0.2, 0.25) is 5.91 Å². The average Bonchev–Trinajstić information content (AvgIpc) is 2.60. The van der Waals surface area contributed by atoms with Crippen LogP contribution >= 0.6 is 0 Å². The molecule has 0 fully saturated rings. The second-order valence-corrected chi connectivity index (χ2v) is 7.28. The molecule has 0 saturated carbocycles. The van der Waals surface area contributed by atoms with E-state index in [-0.39, 0.29) is 19.4 Å². The molecular formula is C21H27NO5. The third-order valence-electron chi connectivity index (χ3n) is 4.32. The van der Waals surface area contributed by atoms with Crippen LogP contribution in [0.25, 0.3) is 10.8 Å². The minimum absolute atomic E-state index is 0.115. The molecule has 0 heterocycles. The largest absolute Gasteiger partial charge is 0.458 e. The summed E-state index contributed by atoms with van der Waals surface area (Å²) >= 11 is 0. The van der Waals surface area contributed by atoms with Gasteiger partial charge in [-0.05, 0) is 37.1 Å². The third-order valence-corrected chi connectivity index (χ3v) is 4.32. The second-order valence-electron chi connectivity index (χ2n) is 7.28. The lowest BCUT2D eigenvalue weighted by Crippen LogP contribution is -2.48. The van der Waals surface area contributed by atoms with Gasteiger partial charge in [-0.1, -0.05) is 42.5 Å². The first kappa shape index (κ1) is 20.9. The first-order valence-electron chi connectivity index (χ1n) is 9.02. The molecule has 0 spiro atoms. The van der Waals surface area contributed by atoms with E-state index in [0.717, 1.165) is 16.3 Å². The number of hydrogen-bond acceptors (Lipinski definition) is 5. The normalized spacial score (nSPS) is 13.8. The summed E-state index contributed by atoms with van der Waals surface area (Å²) < 4.78 is 5.49. The van der Waals surface area contributed by atoms with Gasteiger partial charge in [0.25, 0.3) is 0 Å². The van der Waals surface area contributed by atoms with E-state index >= 15 is 0 Å². The summed E-state index contributed by atoms with van der Waals surface area (Å²) in [6, 6.07) is 12.7. The number of nitrogens with one attached hydrogen (secondary N) is 1. The topological polar surface area (TPSA) is 95.9 Å². The molecule has 0 saturated heterocycles. The van der Waals surface area contributed by atoms with Crippen LogP contribution < -0.4 is 5.32 Å². The van der Waals surface area contributed by atoms with Gasteiger partial charge < -0.3 is 20.3 Å². The van der Waals surface area contributed by atoms with Crippen molar-refractivity contribution in [1.29, 1.82) is 0 Å². The standard InChI is InChI=1S/C21H27NO5/c1-14(24)19(25)22-18(20(26)27-21(2,3)10-11-23)13-15-8-9-16-6-4-5-7-17(16)12-15/h4-9,12,14,18,23-24H,10-11,13H2,1-3H3,(H,22,25). The number of benzene rings is 2. The quantitative estimate of drug-likeness (QED) is 0.615. The molecule has 3 N–H and O–H groups in total. The lowest BCUT2D eigenvalue weighted by Gasteiger charge is -2.28. The van der Waals surface area contributed by atoms with Gasteiger partial charge in [-0.3, -0.25) is 4.79 Å². The number of amides is 1. The van der Waals surface area contributed by atoms with Gasteiger partial charge in [-0.2, -0.15) is 0 Å². The highest BCUT2D eigenvalue weighted by Gasteiger charge is 2.30. The third kappa shape index (κ3) is 6.05. The number of carbonyl (C=O) groups is 2. The number of rotatable bonds is 8. The molecule has 2 atom stereocenters. The van der Waals surface area contributed by atoms with Crippen molar-refractivity contribution in [1.82, 2.24) is 5.32 Å². The zero-order valence-corrected chi connectivity index (χ0v) is 15.9. The van der Waals surface area contributed by atoms with Crippen molar-refractivity contribution in [3.05, 3.63) is 48.0 Å². The zero-order chi connectivity index (χ0) is 20.0. The fraction of sp³-hybridized carbons (Fsp3) is 0.429. The maximum atomic E-state index is 12.7. The number of aliphatic hydroxyl groups excluding tert-OH is 2. The van der Waals surface area contributed by atoms with E-state index in [9.17, 15) is 14.7 Å². The van der Waals surface area contributed by atoms with Crippen LogP contribution in [-0.4, -0.2) is 46.4 Å². The van der Waals surface area contributed by atoms with Crippen molar-refractivity contribution in [2.24, 2.45) is 0 Å². The van der Waals surface area contributed by atoms with Crippen LogP contribution in [-0.2, 0) is 20.7 Å². The molecule has 0 aromatic heterocycles. The van der Waals surface area contributed by atoms with Gasteiger partial charge in [0, 0.05) is 19.4 Å². The van der Waals surface area contributed by atoms with Crippen LogP contribution in [0, 0.1) is 0 Å². The fourth-order valence-electron chi connectivity index (χ4n) is 2.75. The summed E-state index contributed by atoms with van der Waals surface area (Å²) in [7, 11) is 0. The Morgan fingerprint density at radius 2 is 1.81 bits per heavy atom. The summed E-state index contributed by atoms with van der Waals surface area (Å²) in [5.41, 5.74) is 0.00440. The summed E-state index contributed by atoms with van der Waals surface area (Å²) in [4.78, 5) is 24.6. The molecule has 6 nitrogen and oxygen atoms in total. The van der Waals surface area contributed by atoms with Crippen LogP contribution in [0.4, 0.5) is 0 Å². The lowest BCUT2D eigenvalue weighted by molar-refractivity contribution is -0.161. The molecule has 27 heavy (non-hydrogen) atoms. The Bertz CT molecular complexity index is 800. The molecule has 0 aliphatic heterocycles. The maximum absolute atomic E-state index is 12.7. The van der Waals surface area contributed by atoms with Gasteiger partial charge in [0.15, 0.2) is 0 Å². The van der Waals surface area contributed by atoms with E-state index in [4.69, 9.17) is 9.84 Å². The van der Waals surface area contributed by atoms with Crippen molar-refractivity contribution in [3.63, 3.8) is 0 Å². The van der Waals surface area contributed by atoms with Crippen molar-refractivity contribution in [2.45, 2.75) is 51.4 Å². The average molecular weight is 373 g/mol. The number of carbonyl (C=O) groups excluding carboxylic acids is 2. The predicted molar refractivity (Wildman–Crippen MR) is 103 cm³/mol. The highest BCUT2D eigenvalue weighted by molar-refractivity contribution is 5.87. The van der Waals surface area contributed by atoms with E-state index in [0.29, 0.717) is 0 Å². The number of hydrogen-bond donors (Lipinski definition) is 3. The summed E-state index contributed by atoms with van der Waals surface area (Å²) in [6.07, 6.45) is -0.717. The Labute approximate surface area is 159 Å². The van der Waals surface area contributed by atoms with Gasteiger partial charge >= 0.3 is 5.97 Å². The zero-order valence-electron chi connectivity index (χ0n) is 15.9. The molecule has 146 valence electrons. The second kappa shape index (κ2) is 8.97. The van der Waals surface area contributed by atoms with Crippen LogP contribution in [0.3, 0.4) is 0 Å². The van der Waals surface area contributed by atoms with Crippen LogP contribution in [0.2, 0.25) is 0 Å². The van der Waals surface area contributed by atoms with Gasteiger partial charge in [-0.15, -0.1) is 0 Å². The van der Waals surface area contributed by atoms with Crippen molar-refractivity contribution in [3.8, 4) is 0 Å². The van der Waals surface area contributed by atoms with Crippen molar-refractivity contribution in [2.75, 3.05) is 6.61 Å². The van der Waals surface area contributed by atoms with Gasteiger partial charge in [0.05, 0.1) is 0 Å². The molecule has 2 aromatic rings. The molecule has 6 heteroatoms. The van der Waals surface area contributed by atoms with Gasteiger partial charge in [0.1, 0.15) is 17.7 Å². The maximum Gasteiger partial charge on any atom is 0.329 e. The first-order valence-corrected chi connectivity index (χ1v) is 9.02. The first-order chi connectivity index (χ1) is 12.7. The Hall–Kier alpha value is -2.44. The van der Waals surface area contributed by atoms with Crippen molar-refractivity contribution < 1.29 is 24.5 Å². The van der Waals surface area contributed by atoms with Crippen LogP contribution in [0.15, 0.2) is 42.5 Å². The lowest BCUT2D eigenvalue weighted by atomic mass is 10.0. The smallest absolute Gasteiger partial charge is 0.329 e. The number of fused-ring (bicyclic) bond motifs is 1. The number of esters is 1. The highest BCUT2D eigenvalue weighted by atomic mass is 16.6. The molecule has 2 unspecified atom stereocenters. The Balaban J connectivity index is 2.22. The highest BCUT2D eigenvalue weighted by Crippen LogP contribution is 2.19. The molecular weight excluding hydrogens is 346 g/mol. The molecule has 1 amide bonds. The minimum Gasteiger partial charge on any atom is -0.458 e. The SMILES string of the molecule is CC(O)C(=O)NC(Cc1ccc2ccccc2c1)C(=O)OC(C)(C)CCO. The number of aliphatic hydroxyl groups is 2. The monoisotopic (exact) mass is 373 g/mol. The Morgan fingerprint density at radius 3 is 2.44 bits per heavy atom. The molecule has 0 bridgehead atoms. The van der Waals surface area contributed by atoms with E-state index < -0.39 is 29.6 Å². The summed E-state index contributed by atoms with van der Waals surface area (Å²) in [5.74, 6) is -1.24. The molecule has 0 radical (unpaired) electrons. The van der Waals surface area contributed by atoms with Gasteiger partial charge in [-0.25, -0.2) is 4.79 Å².